The number of amides is 2. The molecule has 1 unspecified atom stereocenters. The van der Waals surface area contributed by atoms with E-state index >= 15 is 0 Å². The number of imide groups is 1. The molecule has 0 radical (unpaired) electrons. The highest BCUT2D eigenvalue weighted by Gasteiger charge is 2.49. The Balaban J connectivity index is 2.43. The summed E-state index contributed by atoms with van der Waals surface area (Å²) in [5.74, 6) is -5.53. The van der Waals surface area contributed by atoms with Crippen molar-refractivity contribution in [2.75, 3.05) is 7.05 Å². The van der Waals surface area contributed by atoms with Crippen molar-refractivity contribution < 1.29 is 27.2 Å². The smallest absolute Gasteiger partial charge is 0.281 e. The van der Waals surface area contributed by atoms with Gasteiger partial charge in [0.15, 0.2) is 0 Å². The van der Waals surface area contributed by atoms with Gasteiger partial charge in [-0.3, -0.25) is 14.5 Å². The molecule has 8 heteroatoms. The highest BCUT2D eigenvalue weighted by molar-refractivity contribution is 6.21. The molecule has 0 N–H and O–H groups in total. The van der Waals surface area contributed by atoms with Crippen molar-refractivity contribution in [2.45, 2.75) is 24.1 Å². The topological polar surface area (TPSA) is 37.4 Å². The van der Waals surface area contributed by atoms with E-state index in [1.54, 1.807) is 0 Å². The molecule has 1 aromatic carbocycles. The second-order valence-corrected chi connectivity index (χ2v) is 5.13. The summed E-state index contributed by atoms with van der Waals surface area (Å²) in [5, 5.41) is -2.27. The molecule has 1 aliphatic rings. The van der Waals surface area contributed by atoms with Crippen molar-refractivity contribution in [1.29, 1.82) is 0 Å². The number of likely N-dealkylation sites (N-methyl/N-ethyl adjacent to an activating group) is 1. The molecule has 1 atom stereocenters. The second kappa shape index (κ2) is 5.29. The van der Waals surface area contributed by atoms with Crippen LogP contribution in [0.25, 0.3) is 0 Å². The highest BCUT2D eigenvalue weighted by atomic mass is 35.5. The summed E-state index contributed by atoms with van der Waals surface area (Å²) in [6.45, 7) is 0. The molecule has 0 saturated heterocycles. The van der Waals surface area contributed by atoms with Gasteiger partial charge in [-0.05, 0) is 17.2 Å². The van der Waals surface area contributed by atoms with E-state index in [0.29, 0.717) is 5.56 Å². The van der Waals surface area contributed by atoms with E-state index in [-0.39, 0.29) is 17.5 Å². The van der Waals surface area contributed by atoms with Gasteiger partial charge in [0.05, 0.1) is 6.42 Å². The maximum Gasteiger partial charge on any atom is 0.327 e. The van der Waals surface area contributed by atoms with Crippen LogP contribution in [0.15, 0.2) is 18.2 Å². The SMILES string of the molecule is CN1C(=O)Cc2ccc(C(Cl)C(F)(F)C(F)F)cc2C1=O. The molecule has 1 aromatic rings. The Kier molecular flexibility index (Phi) is 3.97. The van der Waals surface area contributed by atoms with E-state index in [0.717, 1.165) is 17.0 Å². The van der Waals surface area contributed by atoms with Crippen LogP contribution in [0.1, 0.15) is 26.9 Å². The fraction of sp³-hybridized carbons (Fsp3) is 0.385. The summed E-state index contributed by atoms with van der Waals surface area (Å²) in [4.78, 5) is 24.3. The zero-order valence-corrected chi connectivity index (χ0v) is 11.5. The second-order valence-electron chi connectivity index (χ2n) is 4.69. The normalized spacial score (nSPS) is 17.2. The quantitative estimate of drug-likeness (QED) is 0.487. The molecular weight excluding hydrogens is 314 g/mol. The zero-order chi connectivity index (χ0) is 15.9. The maximum absolute atomic E-state index is 13.3. The number of hydrogen-bond acceptors (Lipinski definition) is 2. The van der Waals surface area contributed by atoms with Crippen LogP contribution < -0.4 is 0 Å². The summed E-state index contributed by atoms with van der Waals surface area (Å²) in [6.07, 6.45) is -3.98. The lowest BCUT2D eigenvalue weighted by Crippen LogP contribution is -2.39. The minimum atomic E-state index is -4.42. The standard InChI is InChI=1S/C13H10ClF4NO2/c1-19-9(20)5-6-2-3-7(4-8(6)11(19)21)10(14)13(17,18)12(15)16/h2-4,10,12H,5H2,1H3. The fourth-order valence-electron chi connectivity index (χ4n) is 2.01. The predicted octanol–water partition coefficient (Wildman–Crippen LogP) is 3.02. The molecule has 114 valence electrons. The third kappa shape index (κ3) is 2.62. The first-order chi connectivity index (χ1) is 9.66. The van der Waals surface area contributed by atoms with Crippen LogP contribution in [-0.4, -0.2) is 36.1 Å². The van der Waals surface area contributed by atoms with Gasteiger partial charge >= 0.3 is 12.3 Å². The van der Waals surface area contributed by atoms with Gasteiger partial charge in [-0.15, -0.1) is 11.6 Å². The Labute approximate surface area is 122 Å². The van der Waals surface area contributed by atoms with Crippen molar-refractivity contribution in [3.05, 3.63) is 34.9 Å². The molecule has 0 aromatic heterocycles. The van der Waals surface area contributed by atoms with Crippen LogP contribution in [-0.2, 0) is 11.2 Å². The molecule has 2 amide bonds. The van der Waals surface area contributed by atoms with Gasteiger partial charge in [0.25, 0.3) is 5.91 Å². The van der Waals surface area contributed by atoms with Gasteiger partial charge in [0.1, 0.15) is 5.38 Å². The lowest BCUT2D eigenvalue weighted by atomic mass is 9.94. The van der Waals surface area contributed by atoms with Crippen molar-refractivity contribution >= 4 is 23.4 Å². The van der Waals surface area contributed by atoms with E-state index in [1.165, 1.54) is 13.1 Å². The van der Waals surface area contributed by atoms with Crippen LogP contribution in [0.3, 0.4) is 0 Å². The van der Waals surface area contributed by atoms with Gasteiger partial charge in [0, 0.05) is 12.6 Å². The number of carbonyl (C=O) groups is 2. The Morgan fingerprint density at radius 3 is 2.48 bits per heavy atom. The molecule has 0 fully saturated rings. The first kappa shape index (κ1) is 15.8. The summed E-state index contributed by atoms with van der Waals surface area (Å²) >= 11 is 5.43. The Bertz CT molecular complexity index is 606. The van der Waals surface area contributed by atoms with Crippen molar-refractivity contribution in [3.63, 3.8) is 0 Å². The largest absolute Gasteiger partial charge is 0.327 e. The number of carbonyl (C=O) groups excluding carboxylic acids is 2. The summed E-state index contributed by atoms with van der Waals surface area (Å²) in [7, 11) is 1.26. The minimum Gasteiger partial charge on any atom is -0.281 e. The molecular formula is C13H10ClF4NO2. The average Bonchev–Trinajstić information content (AvgIpc) is 2.43. The molecule has 0 bridgehead atoms. The first-order valence-corrected chi connectivity index (χ1v) is 6.33. The molecule has 0 saturated carbocycles. The van der Waals surface area contributed by atoms with Crippen LogP contribution in [0.2, 0.25) is 0 Å². The molecule has 1 aliphatic heterocycles. The van der Waals surface area contributed by atoms with E-state index in [9.17, 15) is 27.2 Å². The van der Waals surface area contributed by atoms with Crippen LogP contribution >= 0.6 is 11.6 Å². The van der Waals surface area contributed by atoms with Gasteiger partial charge < -0.3 is 0 Å². The van der Waals surface area contributed by atoms with Crippen molar-refractivity contribution in [3.8, 4) is 0 Å². The van der Waals surface area contributed by atoms with Gasteiger partial charge in [0.2, 0.25) is 5.91 Å². The third-order valence-electron chi connectivity index (χ3n) is 3.31. The zero-order valence-electron chi connectivity index (χ0n) is 10.7. The Hall–Kier alpha value is -1.63. The van der Waals surface area contributed by atoms with Crippen LogP contribution in [0.4, 0.5) is 17.6 Å². The number of hydrogen-bond donors (Lipinski definition) is 0. The Morgan fingerprint density at radius 1 is 1.29 bits per heavy atom. The van der Waals surface area contributed by atoms with Gasteiger partial charge in [-0.2, -0.15) is 8.78 Å². The van der Waals surface area contributed by atoms with E-state index < -0.39 is 29.5 Å². The number of nitrogens with zero attached hydrogens (tertiary/aromatic N) is 1. The van der Waals surface area contributed by atoms with E-state index in [1.807, 2.05) is 0 Å². The highest BCUT2D eigenvalue weighted by Crippen LogP contribution is 2.41. The molecule has 1 heterocycles. The average molecular weight is 324 g/mol. The number of benzene rings is 1. The number of alkyl halides is 5. The van der Waals surface area contributed by atoms with Crippen LogP contribution in [0, 0.1) is 0 Å². The lowest BCUT2D eigenvalue weighted by Gasteiger charge is -2.26. The maximum atomic E-state index is 13.3. The van der Waals surface area contributed by atoms with Crippen LogP contribution in [0.5, 0.6) is 0 Å². The number of rotatable bonds is 3. The van der Waals surface area contributed by atoms with E-state index in [4.69, 9.17) is 11.6 Å². The molecule has 0 aliphatic carbocycles. The number of halogens is 5. The lowest BCUT2D eigenvalue weighted by molar-refractivity contribution is -0.130. The Morgan fingerprint density at radius 2 is 1.90 bits per heavy atom. The molecule has 3 nitrogen and oxygen atoms in total. The van der Waals surface area contributed by atoms with Gasteiger partial charge in [-0.1, -0.05) is 12.1 Å². The summed E-state index contributed by atoms with van der Waals surface area (Å²) in [6, 6.07) is 3.44. The molecule has 21 heavy (non-hydrogen) atoms. The van der Waals surface area contributed by atoms with Gasteiger partial charge in [-0.25, -0.2) is 8.78 Å². The number of fused-ring (bicyclic) bond motifs is 1. The third-order valence-corrected chi connectivity index (χ3v) is 3.85. The fourth-order valence-corrected chi connectivity index (χ4v) is 2.24. The first-order valence-electron chi connectivity index (χ1n) is 5.90. The summed E-state index contributed by atoms with van der Waals surface area (Å²) < 4.78 is 51.2. The van der Waals surface area contributed by atoms with E-state index in [2.05, 4.69) is 0 Å². The van der Waals surface area contributed by atoms with Crippen molar-refractivity contribution in [1.82, 2.24) is 4.90 Å². The molecule has 0 spiro atoms. The minimum absolute atomic E-state index is 0.0188. The molecule has 2 rings (SSSR count). The monoisotopic (exact) mass is 323 g/mol. The predicted molar refractivity (Wildman–Crippen MR) is 66.8 cm³/mol. The summed E-state index contributed by atoms with van der Waals surface area (Å²) in [5.41, 5.74) is 0.0817. The van der Waals surface area contributed by atoms with Crippen molar-refractivity contribution in [2.24, 2.45) is 0 Å².